The van der Waals surface area contributed by atoms with E-state index in [1.807, 2.05) is 0 Å². The quantitative estimate of drug-likeness (QED) is 0.616. The number of nitrogens with two attached hydrogens (primary N) is 1. The number of carbonyl (C=O) groups is 1. The van der Waals surface area contributed by atoms with E-state index >= 15 is 0 Å². The van der Waals surface area contributed by atoms with Gasteiger partial charge in [-0.1, -0.05) is 18.2 Å². The predicted molar refractivity (Wildman–Crippen MR) is 82.6 cm³/mol. The maximum atomic E-state index is 13.9. The number of nitrogens with one attached hydrogen (secondary N) is 1. The molecule has 1 atom stereocenters. The van der Waals surface area contributed by atoms with Gasteiger partial charge in [0.2, 0.25) is 10.0 Å². The molecule has 1 rings (SSSR count). The number of hydrogen-bond acceptors (Lipinski definition) is 5. The summed E-state index contributed by atoms with van der Waals surface area (Å²) in [5, 5.41) is 7.38. The third kappa shape index (κ3) is 5.87. The van der Waals surface area contributed by atoms with Crippen molar-refractivity contribution in [2.45, 2.75) is 12.5 Å². The number of amides is 1. The second kappa shape index (κ2) is 8.34. The van der Waals surface area contributed by atoms with Crippen LogP contribution in [0.2, 0.25) is 0 Å². The Balaban J connectivity index is 2.53. The number of benzene rings is 1. The molecule has 0 heterocycles. The third-order valence-corrected chi connectivity index (χ3v) is 4.01. The first-order valence-corrected chi connectivity index (χ1v) is 8.59. The lowest BCUT2D eigenvalue weighted by atomic mass is 9.94. The lowest BCUT2D eigenvalue weighted by Crippen LogP contribution is -2.45. The van der Waals surface area contributed by atoms with Crippen molar-refractivity contribution >= 4 is 15.9 Å². The van der Waals surface area contributed by atoms with Crippen molar-refractivity contribution in [3.8, 4) is 0 Å². The van der Waals surface area contributed by atoms with Crippen LogP contribution in [0.5, 0.6) is 0 Å². The highest BCUT2D eigenvalue weighted by atomic mass is 32.2. The highest BCUT2D eigenvalue weighted by Crippen LogP contribution is 2.27. The Morgan fingerprint density at radius 2 is 2.00 bits per heavy atom. The first kappa shape index (κ1) is 19.5. The molecule has 23 heavy (non-hydrogen) atoms. The van der Waals surface area contributed by atoms with E-state index in [-0.39, 0.29) is 31.1 Å². The highest BCUT2D eigenvalue weighted by molar-refractivity contribution is 7.89. The minimum absolute atomic E-state index is 0.0659. The standard InChI is InChI=1S/C14H21FN2O5S/c1-14(21-2,11-5-3-4-6-12(11)15)13(18)17-7-8-22-9-10-23(16,19)20/h3-6H,7-10H2,1-2H3,(H,17,18)(H2,16,19,20)/t14-/m1/s1. The van der Waals surface area contributed by atoms with Gasteiger partial charge in [0.25, 0.3) is 5.91 Å². The van der Waals surface area contributed by atoms with Gasteiger partial charge in [-0.3, -0.25) is 4.79 Å². The van der Waals surface area contributed by atoms with Gasteiger partial charge >= 0.3 is 0 Å². The number of methoxy groups -OCH3 is 1. The number of rotatable bonds is 9. The van der Waals surface area contributed by atoms with Crippen molar-refractivity contribution in [2.75, 3.05) is 32.6 Å². The molecule has 0 bridgehead atoms. The number of hydrogen-bond donors (Lipinski definition) is 2. The molecule has 7 nitrogen and oxygen atoms in total. The highest BCUT2D eigenvalue weighted by Gasteiger charge is 2.37. The van der Waals surface area contributed by atoms with Gasteiger partial charge in [0.05, 0.1) is 19.0 Å². The molecule has 0 saturated heterocycles. The van der Waals surface area contributed by atoms with Gasteiger partial charge in [0.15, 0.2) is 5.60 Å². The summed E-state index contributed by atoms with van der Waals surface area (Å²) in [4.78, 5) is 12.3. The van der Waals surface area contributed by atoms with E-state index < -0.39 is 27.3 Å². The van der Waals surface area contributed by atoms with Crippen LogP contribution >= 0.6 is 0 Å². The fraction of sp³-hybridized carbons (Fsp3) is 0.500. The van der Waals surface area contributed by atoms with Gasteiger partial charge in [0.1, 0.15) is 5.82 Å². The minimum Gasteiger partial charge on any atom is -0.379 e. The van der Waals surface area contributed by atoms with E-state index in [1.54, 1.807) is 6.07 Å². The number of primary sulfonamides is 1. The van der Waals surface area contributed by atoms with Crippen LogP contribution in [-0.2, 0) is 29.9 Å². The van der Waals surface area contributed by atoms with E-state index in [0.717, 1.165) is 0 Å². The molecular weight excluding hydrogens is 327 g/mol. The maximum absolute atomic E-state index is 13.9. The first-order valence-electron chi connectivity index (χ1n) is 6.87. The number of carbonyl (C=O) groups excluding carboxylic acids is 1. The molecule has 0 radical (unpaired) electrons. The van der Waals surface area contributed by atoms with Crippen molar-refractivity contribution < 1.29 is 27.1 Å². The molecule has 1 aromatic rings. The number of ether oxygens (including phenoxy) is 2. The molecule has 1 aromatic carbocycles. The Morgan fingerprint density at radius 1 is 1.35 bits per heavy atom. The van der Waals surface area contributed by atoms with Crippen LogP contribution in [0.3, 0.4) is 0 Å². The van der Waals surface area contributed by atoms with Crippen molar-refractivity contribution in [1.29, 1.82) is 0 Å². The Kier molecular flexibility index (Phi) is 7.07. The summed E-state index contributed by atoms with van der Waals surface area (Å²) in [7, 11) is -2.26. The lowest BCUT2D eigenvalue weighted by Gasteiger charge is -2.27. The topological polar surface area (TPSA) is 108 Å². The molecule has 0 fully saturated rings. The van der Waals surface area contributed by atoms with Crippen molar-refractivity contribution in [2.24, 2.45) is 5.14 Å². The van der Waals surface area contributed by atoms with Crippen LogP contribution < -0.4 is 10.5 Å². The van der Waals surface area contributed by atoms with Crippen LogP contribution in [0.15, 0.2) is 24.3 Å². The Morgan fingerprint density at radius 3 is 2.57 bits per heavy atom. The summed E-state index contributed by atoms with van der Waals surface area (Å²) in [6.07, 6.45) is 0. The summed E-state index contributed by atoms with van der Waals surface area (Å²) in [6.45, 7) is 1.61. The maximum Gasteiger partial charge on any atom is 0.256 e. The molecule has 0 aliphatic rings. The van der Waals surface area contributed by atoms with E-state index in [4.69, 9.17) is 14.6 Å². The van der Waals surface area contributed by atoms with Crippen molar-refractivity contribution in [3.63, 3.8) is 0 Å². The Hall–Kier alpha value is -1.55. The summed E-state index contributed by atoms with van der Waals surface area (Å²) >= 11 is 0. The molecular formula is C14H21FN2O5S. The van der Waals surface area contributed by atoms with Crippen molar-refractivity contribution in [3.05, 3.63) is 35.6 Å². The van der Waals surface area contributed by atoms with Gasteiger partial charge < -0.3 is 14.8 Å². The van der Waals surface area contributed by atoms with Crippen LogP contribution in [-0.4, -0.2) is 46.9 Å². The van der Waals surface area contributed by atoms with Gasteiger partial charge in [-0.15, -0.1) is 0 Å². The van der Waals surface area contributed by atoms with Gasteiger partial charge in [0, 0.05) is 19.2 Å². The molecule has 0 spiro atoms. The fourth-order valence-electron chi connectivity index (χ4n) is 1.86. The predicted octanol–water partition coefficient (Wildman–Crippen LogP) is 0.109. The molecule has 0 saturated carbocycles. The largest absolute Gasteiger partial charge is 0.379 e. The molecule has 0 aromatic heterocycles. The number of sulfonamides is 1. The van der Waals surface area contributed by atoms with Gasteiger partial charge in [-0.05, 0) is 13.0 Å². The molecule has 9 heteroatoms. The van der Waals surface area contributed by atoms with Gasteiger partial charge in [-0.2, -0.15) is 0 Å². The fourth-order valence-corrected chi connectivity index (χ4v) is 2.21. The zero-order valence-corrected chi connectivity index (χ0v) is 13.9. The minimum atomic E-state index is -3.57. The summed E-state index contributed by atoms with van der Waals surface area (Å²) < 4.78 is 45.5. The summed E-state index contributed by atoms with van der Waals surface area (Å²) in [5.74, 6) is -1.37. The molecule has 1 amide bonds. The lowest BCUT2D eigenvalue weighted by molar-refractivity contribution is -0.143. The van der Waals surface area contributed by atoms with Crippen molar-refractivity contribution in [1.82, 2.24) is 5.32 Å². The SMILES string of the molecule is CO[C@@](C)(C(=O)NCCOCCS(N)(=O)=O)c1ccccc1F. The molecule has 0 aliphatic carbocycles. The van der Waals surface area contributed by atoms with E-state index in [0.29, 0.717) is 0 Å². The zero-order chi connectivity index (χ0) is 17.5. The molecule has 0 aliphatic heterocycles. The summed E-state index contributed by atoms with van der Waals surface area (Å²) in [5.41, 5.74) is -1.36. The smallest absolute Gasteiger partial charge is 0.256 e. The van der Waals surface area contributed by atoms with Crippen LogP contribution in [0.25, 0.3) is 0 Å². The van der Waals surface area contributed by atoms with E-state index in [2.05, 4.69) is 5.32 Å². The summed E-state index contributed by atoms with van der Waals surface area (Å²) in [6, 6.07) is 5.85. The number of halogens is 1. The molecule has 0 unspecified atom stereocenters. The third-order valence-electron chi connectivity index (χ3n) is 3.27. The Bertz CT molecular complexity index is 638. The van der Waals surface area contributed by atoms with E-state index in [9.17, 15) is 17.6 Å². The first-order chi connectivity index (χ1) is 10.7. The van der Waals surface area contributed by atoms with Crippen LogP contribution in [0.1, 0.15) is 12.5 Å². The average molecular weight is 348 g/mol. The van der Waals surface area contributed by atoms with Crippen LogP contribution in [0, 0.1) is 5.82 Å². The molecule has 3 N–H and O–H groups in total. The van der Waals surface area contributed by atoms with E-state index in [1.165, 1.54) is 32.2 Å². The average Bonchev–Trinajstić information content (AvgIpc) is 2.49. The second-order valence-corrected chi connectivity index (χ2v) is 6.69. The zero-order valence-electron chi connectivity index (χ0n) is 13.0. The molecule has 130 valence electrons. The van der Waals surface area contributed by atoms with Gasteiger partial charge in [-0.25, -0.2) is 17.9 Å². The Labute approximate surface area is 135 Å². The second-order valence-electron chi connectivity index (χ2n) is 4.95. The monoisotopic (exact) mass is 348 g/mol. The van der Waals surface area contributed by atoms with Crippen LogP contribution in [0.4, 0.5) is 4.39 Å². The normalized spacial score (nSPS) is 14.3.